The monoisotopic (exact) mass is 510 g/mol. The quantitative estimate of drug-likeness (QED) is 0.405. The molecule has 2 amide bonds. The minimum atomic E-state index is -0.152. The molecule has 0 saturated carbocycles. The van der Waals surface area contributed by atoms with Crippen molar-refractivity contribution >= 4 is 56.5 Å². The van der Waals surface area contributed by atoms with Gasteiger partial charge in [0.25, 0.3) is 11.8 Å². The Labute approximate surface area is 209 Å². The van der Waals surface area contributed by atoms with Gasteiger partial charge in [0.15, 0.2) is 0 Å². The van der Waals surface area contributed by atoms with Crippen LogP contribution in [-0.4, -0.2) is 58.0 Å². The number of benzene rings is 2. The van der Waals surface area contributed by atoms with Gasteiger partial charge in [-0.2, -0.15) is 0 Å². The van der Waals surface area contributed by atoms with Gasteiger partial charge in [-0.3, -0.25) is 9.59 Å². The van der Waals surface area contributed by atoms with Crippen LogP contribution in [0.15, 0.2) is 48.0 Å². The normalized spacial score (nSPS) is 15.6. The molecule has 2 aromatic carbocycles. The topological polar surface area (TPSA) is 84.4 Å². The summed E-state index contributed by atoms with van der Waals surface area (Å²) in [6.45, 7) is 2.90. The Morgan fingerprint density at radius 3 is 2.94 bits per heavy atom. The molecule has 7 nitrogen and oxygen atoms in total. The first-order valence-electron chi connectivity index (χ1n) is 10.7. The molecule has 1 unspecified atom stereocenters. The summed E-state index contributed by atoms with van der Waals surface area (Å²) in [5.41, 5.74) is 4.69. The lowest BCUT2D eigenvalue weighted by atomic mass is 10.1. The standard InChI is InChI=1S/C24H22N4O3S3/c1-14-27-20(15-5-3-6-16(11-15)31-2)22(34-14)24(30)28-9-10-32-19(28)12-25-23(29)17-7-4-8-18-21(17)33-13-26-18/h3-8,11,13,19H,9-10,12H2,1-2H3,(H,25,29). The maximum absolute atomic E-state index is 13.6. The number of carbonyl (C=O) groups is 2. The highest BCUT2D eigenvalue weighted by Crippen LogP contribution is 2.34. The van der Waals surface area contributed by atoms with Crippen molar-refractivity contribution in [3.63, 3.8) is 0 Å². The van der Waals surface area contributed by atoms with Crippen LogP contribution >= 0.6 is 34.4 Å². The van der Waals surface area contributed by atoms with Crippen molar-refractivity contribution < 1.29 is 14.3 Å². The third-order valence-electron chi connectivity index (χ3n) is 5.56. The molecule has 1 fully saturated rings. The zero-order chi connectivity index (χ0) is 23.7. The second kappa shape index (κ2) is 9.73. The van der Waals surface area contributed by atoms with Gasteiger partial charge in [-0.25, -0.2) is 9.97 Å². The molecule has 1 saturated heterocycles. The molecule has 5 rings (SSSR count). The van der Waals surface area contributed by atoms with Crippen LogP contribution in [0.3, 0.4) is 0 Å². The maximum Gasteiger partial charge on any atom is 0.267 e. The minimum Gasteiger partial charge on any atom is -0.497 e. The number of methoxy groups -OCH3 is 1. The van der Waals surface area contributed by atoms with Crippen LogP contribution < -0.4 is 10.1 Å². The van der Waals surface area contributed by atoms with E-state index in [-0.39, 0.29) is 17.2 Å². The summed E-state index contributed by atoms with van der Waals surface area (Å²) in [4.78, 5) is 37.9. The average Bonchev–Trinajstić information content (AvgIpc) is 3.61. The van der Waals surface area contributed by atoms with E-state index in [4.69, 9.17) is 4.74 Å². The number of nitrogens with one attached hydrogen (secondary N) is 1. The van der Waals surface area contributed by atoms with Gasteiger partial charge in [-0.1, -0.05) is 18.2 Å². The van der Waals surface area contributed by atoms with Gasteiger partial charge in [-0.05, 0) is 31.2 Å². The molecule has 1 N–H and O–H groups in total. The largest absolute Gasteiger partial charge is 0.497 e. The Hall–Kier alpha value is -2.95. The molecule has 0 aliphatic carbocycles. The Morgan fingerprint density at radius 2 is 2.09 bits per heavy atom. The van der Waals surface area contributed by atoms with Crippen molar-refractivity contribution in [2.24, 2.45) is 0 Å². The zero-order valence-corrected chi connectivity index (χ0v) is 21.1. The lowest BCUT2D eigenvalue weighted by Crippen LogP contribution is -2.42. The highest BCUT2D eigenvalue weighted by molar-refractivity contribution is 8.00. The number of fused-ring (bicyclic) bond motifs is 1. The van der Waals surface area contributed by atoms with Gasteiger partial charge in [0.2, 0.25) is 0 Å². The van der Waals surface area contributed by atoms with E-state index < -0.39 is 0 Å². The lowest BCUT2D eigenvalue weighted by molar-refractivity contribution is 0.0756. The number of hydrogen-bond acceptors (Lipinski definition) is 8. The summed E-state index contributed by atoms with van der Waals surface area (Å²) >= 11 is 4.52. The number of thiazole rings is 2. The van der Waals surface area contributed by atoms with Gasteiger partial charge in [0.1, 0.15) is 10.6 Å². The molecule has 1 atom stereocenters. The number of nitrogens with zero attached hydrogens (tertiary/aromatic N) is 3. The smallest absolute Gasteiger partial charge is 0.267 e. The fraction of sp³-hybridized carbons (Fsp3) is 0.250. The molecule has 174 valence electrons. The van der Waals surface area contributed by atoms with Crippen molar-refractivity contribution in [1.82, 2.24) is 20.2 Å². The highest BCUT2D eigenvalue weighted by Gasteiger charge is 2.33. The molecular weight excluding hydrogens is 488 g/mol. The summed E-state index contributed by atoms with van der Waals surface area (Å²) in [6.07, 6.45) is 0. The predicted molar refractivity (Wildman–Crippen MR) is 138 cm³/mol. The number of amides is 2. The van der Waals surface area contributed by atoms with Gasteiger partial charge < -0.3 is 15.0 Å². The van der Waals surface area contributed by atoms with Gasteiger partial charge in [0.05, 0.1) is 44.5 Å². The van der Waals surface area contributed by atoms with Crippen molar-refractivity contribution in [3.8, 4) is 17.0 Å². The maximum atomic E-state index is 13.6. The number of ether oxygens (including phenoxy) is 1. The van der Waals surface area contributed by atoms with Crippen LogP contribution in [0.5, 0.6) is 5.75 Å². The molecule has 2 aromatic heterocycles. The van der Waals surface area contributed by atoms with Crippen molar-refractivity contribution in [2.45, 2.75) is 12.3 Å². The van der Waals surface area contributed by atoms with Crippen molar-refractivity contribution in [2.75, 3.05) is 26.0 Å². The van der Waals surface area contributed by atoms with Crippen molar-refractivity contribution in [3.05, 3.63) is 63.4 Å². The molecule has 0 radical (unpaired) electrons. The third-order valence-corrected chi connectivity index (χ3v) is 8.62. The van der Waals surface area contributed by atoms with Crippen LogP contribution in [0.25, 0.3) is 21.5 Å². The fourth-order valence-corrected chi connectivity index (χ4v) is 6.79. The summed E-state index contributed by atoms with van der Waals surface area (Å²) < 4.78 is 6.22. The highest BCUT2D eigenvalue weighted by atomic mass is 32.2. The number of aryl methyl sites for hydroxylation is 1. The first-order valence-corrected chi connectivity index (χ1v) is 13.4. The Balaban J connectivity index is 1.34. The Morgan fingerprint density at radius 1 is 1.24 bits per heavy atom. The molecule has 0 spiro atoms. The van der Waals surface area contributed by atoms with Crippen LogP contribution in [0, 0.1) is 6.92 Å². The second-order valence-corrected chi connectivity index (χ2v) is 11.0. The lowest BCUT2D eigenvalue weighted by Gasteiger charge is -2.24. The second-order valence-electron chi connectivity index (χ2n) is 7.68. The van der Waals surface area contributed by atoms with Gasteiger partial charge in [0, 0.05) is 24.4 Å². The molecule has 3 heterocycles. The molecule has 34 heavy (non-hydrogen) atoms. The van der Waals surface area contributed by atoms with Crippen LogP contribution in [-0.2, 0) is 0 Å². The molecule has 1 aliphatic rings. The number of rotatable bonds is 6. The van der Waals surface area contributed by atoms with E-state index in [0.717, 1.165) is 32.3 Å². The third kappa shape index (κ3) is 4.40. The molecule has 1 aliphatic heterocycles. The molecule has 0 bridgehead atoms. The zero-order valence-electron chi connectivity index (χ0n) is 18.6. The summed E-state index contributed by atoms with van der Waals surface area (Å²) in [7, 11) is 1.62. The Bertz CT molecular complexity index is 1370. The number of hydrogen-bond donors (Lipinski definition) is 1. The summed E-state index contributed by atoms with van der Waals surface area (Å²) in [5.74, 6) is 1.33. The fourth-order valence-electron chi connectivity index (χ4n) is 3.93. The number of aromatic nitrogens is 2. The predicted octanol–water partition coefficient (Wildman–Crippen LogP) is 4.68. The number of carbonyl (C=O) groups excluding carboxylic acids is 2. The van der Waals surface area contributed by atoms with E-state index in [2.05, 4.69) is 15.3 Å². The first kappa shape index (κ1) is 22.8. The average molecular weight is 511 g/mol. The Kier molecular flexibility index (Phi) is 6.53. The van der Waals surface area contributed by atoms with E-state index in [1.807, 2.05) is 48.2 Å². The molecule has 10 heteroatoms. The van der Waals surface area contributed by atoms with Gasteiger partial charge >= 0.3 is 0 Å². The first-order chi connectivity index (χ1) is 16.5. The van der Waals surface area contributed by atoms with Crippen LogP contribution in [0.1, 0.15) is 25.0 Å². The molecule has 4 aromatic rings. The summed E-state index contributed by atoms with van der Waals surface area (Å²) in [5, 5.41) is 3.71. The van der Waals surface area contributed by atoms with Crippen molar-refractivity contribution in [1.29, 1.82) is 0 Å². The van der Waals surface area contributed by atoms with E-state index in [1.165, 1.54) is 22.7 Å². The van der Waals surface area contributed by atoms with E-state index in [1.54, 1.807) is 30.4 Å². The molecular formula is C24H22N4O3S3. The van der Waals surface area contributed by atoms with Gasteiger partial charge in [-0.15, -0.1) is 34.4 Å². The van der Waals surface area contributed by atoms with E-state index in [0.29, 0.717) is 29.2 Å². The van der Waals surface area contributed by atoms with E-state index >= 15 is 0 Å². The summed E-state index contributed by atoms with van der Waals surface area (Å²) in [6, 6.07) is 13.1. The van der Waals surface area contributed by atoms with E-state index in [9.17, 15) is 9.59 Å². The minimum absolute atomic E-state index is 0.0581. The SMILES string of the molecule is COc1cccc(-c2nc(C)sc2C(=O)N2CCSC2CNC(=O)c2cccc3ncsc23)c1. The number of thioether (sulfide) groups is 1. The van der Waals surface area contributed by atoms with Crippen LogP contribution in [0.2, 0.25) is 0 Å². The van der Waals surface area contributed by atoms with Crippen LogP contribution in [0.4, 0.5) is 0 Å².